The minimum atomic E-state index is -3.87. The molecule has 4 nitrogen and oxygen atoms in total. The number of hydrogen-bond donors (Lipinski definition) is 1. The Kier molecular flexibility index (Phi) is 5.14. The highest BCUT2D eigenvalue weighted by molar-refractivity contribution is 7.89. The van der Waals surface area contributed by atoms with Gasteiger partial charge in [-0.15, -0.1) is 0 Å². The lowest BCUT2D eigenvalue weighted by Crippen LogP contribution is -2.32. The molecule has 0 fully saturated rings. The summed E-state index contributed by atoms with van der Waals surface area (Å²) < 4.78 is 41.0. The first kappa shape index (κ1) is 17.1. The average Bonchev–Trinajstić information content (AvgIpc) is 2.53. The summed E-state index contributed by atoms with van der Waals surface area (Å²) >= 11 is 0. The van der Waals surface area contributed by atoms with Gasteiger partial charge in [0.2, 0.25) is 10.0 Å². The van der Waals surface area contributed by atoms with Crippen LogP contribution >= 0.6 is 0 Å². The van der Waals surface area contributed by atoms with E-state index in [1.54, 1.807) is 24.3 Å². The van der Waals surface area contributed by atoms with Crippen LogP contribution in [0.4, 0.5) is 4.39 Å². The van der Waals surface area contributed by atoms with Crippen molar-refractivity contribution in [2.45, 2.75) is 24.8 Å². The molecular formula is C17H17FN2O2S. The fourth-order valence-corrected chi connectivity index (χ4v) is 3.81. The van der Waals surface area contributed by atoms with E-state index in [-0.39, 0.29) is 22.2 Å². The predicted molar refractivity (Wildman–Crippen MR) is 85.5 cm³/mol. The van der Waals surface area contributed by atoms with Crippen LogP contribution in [0.25, 0.3) is 0 Å². The van der Waals surface area contributed by atoms with E-state index in [0.29, 0.717) is 5.56 Å². The average molecular weight is 332 g/mol. The quantitative estimate of drug-likeness (QED) is 0.912. The van der Waals surface area contributed by atoms with Crippen LogP contribution in [-0.2, 0) is 10.0 Å². The Morgan fingerprint density at radius 2 is 1.70 bits per heavy atom. The Balaban J connectivity index is 2.40. The topological polar surface area (TPSA) is 70.0 Å². The molecule has 2 aromatic rings. The normalized spacial score (nSPS) is 12.8. The van der Waals surface area contributed by atoms with E-state index >= 15 is 0 Å². The summed E-state index contributed by atoms with van der Waals surface area (Å²) in [7, 11) is -3.87. The van der Waals surface area contributed by atoms with E-state index in [1.807, 2.05) is 19.9 Å². The van der Waals surface area contributed by atoms with E-state index in [0.717, 1.165) is 0 Å². The smallest absolute Gasteiger partial charge is 0.207 e. The van der Waals surface area contributed by atoms with Crippen molar-refractivity contribution in [2.75, 3.05) is 0 Å². The summed E-state index contributed by atoms with van der Waals surface area (Å²) in [5, 5.41) is 9.09. The first-order chi connectivity index (χ1) is 10.8. The number of rotatable bonds is 5. The van der Waals surface area contributed by atoms with Gasteiger partial charge in [-0.05, 0) is 35.7 Å². The zero-order valence-corrected chi connectivity index (χ0v) is 13.6. The summed E-state index contributed by atoms with van der Waals surface area (Å²) in [4.78, 5) is -0.0599. The van der Waals surface area contributed by atoms with Crippen molar-refractivity contribution >= 4 is 10.0 Å². The predicted octanol–water partition coefficient (Wildman–Crippen LogP) is 3.37. The highest BCUT2D eigenvalue weighted by atomic mass is 32.2. The van der Waals surface area contributed by atoms with Gasteiger partial charge in [0.25, 0.3) is 0 Å². The minimum absolute atomic E-state index is 0.0514. The lowest BCUT2D eigenvalue weighted by Gasteiger charge is -2.23. The number of benzene rings is 2. The summed E-state index contributed by atoms with van der Waals surface area (Å²) in [6.45, 7) is 3.74. The maximum Gasteiger partial charge on any atom is 0.242 e. The Labute approximate surface area is 135 Å². The summed E-state index contributed by atoms with van der Waals surface area (Å²) in [6.07, 6.45) is 0. The summed E-state index contributed by atoms with van der Waals surface area (Å²) in [5.41, 5.74) is 0.751. The second-order valence-corrected chi connectivity index (χ2v) is 7.18. The SMILES string of the molecule is CC(C)[C@@H](NS(=O)(=O)c1ccccc1C#N)c1ccc(F)cc1. The molecule has 0 saturated carbocycles. The van der Waals surface area contributed by atoms with E-state index < -0.39 is 16.1 Å². The van der Waals surface area contributed by atoms with Crippen molar-refractivity contribution < 1.29 is 12.8 Å². The van der Waals surface area contributed by atoms with Gasteiger partial charge in [-0.1, -0.05) is 38.1 Å². The second-order valence-electron chi connectivity index (χ2n) is 5.50. The molecule has 0 radical (unpaired) electrons. The lowest BCUT2D eigenvalue weighted by molar-refractivity contribution is 0.462. The number of sulfonamides is 1. The van der Waals surface area contributed by atoms with Gasteiger partial charge >= 0.3 is 0 Å². The van der Waals surface area contributed by atoms with Crippen LogP contribution in [0.1, 0.15) is 31.0 Å². The number of nitrogens with one attached hydrogen (secondary N) is 1. The van der Waals surface area contributed by atoms with Crippen LogP contribution in [0.5, 0.6) is 0 Å². The van der Waals surface area contributed by atoms with Crippen molar-refractivity contribution in [1.29, 1.82) is 5.26 Å². The van der Waals surface area contributed by atoms with Gasteiger partial charge in [0, 0.05) is 6.04 Å². The summed E-state index contributed by atoms with van der Waals surface area (Å²) in [5.74, 6) is -0.432. The molecular weight excluding hydrogens is 315 g/mol. The van der Waals surface area contributed by atoms with E-state index in [4.69, 9.17) is 5.26 Å². The Bertz CT molecular complexity index is 824. The van der Waals surface area contributed by atoms with Crippen LogP contribution in [0.2, 0.25) is 0 Å². The van der Waals surface area contributed by atoms with E-state index in [2.05, 4.69) is 4.72 Å². The molecule has 0 aromatic heterocycles. The first-order valence-electron chi connectivity index (χ1n) is 7.12. The largest absolute Gasteiger partial charge is 0.242 e. The molecule has 0 unspecified atom stereocenters. The van der Waals surface area contributed by atoms with Crippen molar-refractivity contribution in [3.05, 3.63) is 65.5 Å². The maximum absolute atomic E-state index is 13.1. The van der Waals surface area contributed by atoms with Gasteiger partial charge in [0.1, 0.15) is 11.9 Å². The molecule has 0 spiro atoms. The van der Waals surface area contributed by atoms with Gasteiger partial charge in [0.05, 0.1) is 10.5 Å². The first-order valence-corrected chi connectivity index (χ1v) is 8.60. The van der Waals surface area contributed by atoms with Crippen molar-refractivity contribution in [1.82, 2.24) is 4.72 Å². The molecule has 2 aromatic carbocycles. The van der Waals surface area contributed by atoms with Crippen molar-refractivity contribution in [3.63, 3.8) is 0 Å². The molecule has 0 bridgehead atoms. The van der Waals surface area contributed by atoms with E-state index in [1.165, 1.54) is 24.3 Å². The fraction of sp³-hybridized carbons (Fsp3) is 0.235. The number of halogens is 1. The molecule has 0 aliphatic heterocycles. The maximum atomic E-state index is 13.1. The molecule has 2 rings (SSSR count). The molecule has 0 heterocycles. The van der Waals surface area contributed by atoms with Crippen LogP contribution in [0.3, 0.4) is 0 Å². The molecule has 6 heteroatoms. The zero-order valence-electron chi connectivity index (χ0n) is 12.8. The molecule has 0 saturated heterocycles. The monoisotopic (exact) mass is 332 g/mol. The van der Waals surface area contributed by atoms with Gasteiger partial charge in [-0.25, -0.2) is 17.5 Å². The molecule has 1 N–H and O–H groups in total. The van der Waals surface area contributed by atoms with Gasteiger partial charge in [-0.3, -0.25) is 0 Å². The van der Waals surface area contributed by atoms with Crippen LogP contribution in [-0.4, -0.2) is 8.42 Å². The van der Waals surface area contributed by atoms with Crippen LogP contribution < -0.4 is 4.72 Å². The fourth-order valence-electron chi connectivity index (χ4n) is 2.28. The van der Waals surface area contributed by atoms with Gasteiger partial charge in [-0.2, -0.15) is 5.26 Å². The third kappa shape index (κ3) is 3.95. The van der Waals surface area contributed by atoms with Crippen molar-refractivity contribution in [2.24, 2.45) is 5.92 Å². The minimum Gasteiger partial charge on any atom is -0.207 e. The van der Waals surface area contributed by atoms with Crippen LogP contribution in [0, 0.1) is 23.1 Å². The second kappa shape index (κ2) is 6.90. The van der Waals surface area contributed by atoms with Crippen molar-refractivity contribution in [3.8, 4) is 6.07 Å². The number of nitrogens with zero attached hydrogens (tertiary/aromatic N) is 1. The molecule has 0 aliphatic carbocycles. The third-order valence-corrected chi connectivity index (χ3v) is 4.97. The third-order valence-electron chi connectivity index (χ3n) is 3.47. The Morgan fingerprint density at radius 1 is 1.09 bits per heavy atom. The summed E-state index contributed by atoms with van der Waals surface area (Å²) in [6, 6.07) is 13.1. The Hall–Kier alpha value is -2.23. The molecule has 120 valence electrons. The number of nitriles is 1. The standard InChI is InChI=1S/C17H17FN2O2S/c1-12(2)17(13-7-9-15(18)10-8-13)20-23(21,22)16-6-4-3-5-14(16)11-19/h3-10,12,17,20H,1-2H3/t17-/m1/s1. The van der Waals surface area contributed by atoms with E-state index in [9.17, 15) is 12.8 Å². The number of hydrogen-bond acceptors (Lipinski definition) is 3. The van der Waals surface area contributed by atoms with Crippen LogP contribution in [0.15, 0.2) is 53.4 Å². The molecule has 1 atom stereocenters. The highest BCUT2D eigenvalue weighted by Gasteiger charge is 2.25. The van der Waals surface area contributed by atoms with Gasteiger partial charge < -0.3 is 0 Å². The zero-order chi connectivity index (χ0) is 17.0. The van der Waals surface area contributed by atoms with Gasteiger partial charge in [0.15, 0.2) is 0 Å². The molecule has 23 heavy (non-hydrogen) atoms. The molecule has 0 amide bonds. The lowest BCUT2D eigenvalue weighted by atomic mass is 9.97. The molecule has 0 aliphatic rings. The Morgan fingerprint density at radius 3 is 2.26 bits per heavy atom. The highest BCUT2D eigenvalue weighted by Crippen LogP contribution is 2.25.